The Morgan fingerprint density at radius 3 is 2.84 bits per heavy atom. The van der Waals surface area contributed by atoms with Gasteiger partial charge in [0.15, 0.2) is 5.82 Å². The second kappa shape index (κ2) is 7.80. The first-order chi connectivity index (χ1) is 12.0. The van der Waals surface area contributed by atoms with E-state index in [1.807, 2.05) is 25.1 Å². The lowest BCUT2D eigenvalue weighted by atomic mass is 10.1. The van der Waals surface area contributed by atoms with Gasteiger partial charge in [-0.2, -0.15) is 0 Å². The van der Waals surface area contributed by atoms with E-state index in [4.69, 9.17) is 9.72 Å². The number of phenols is 1. The molecule has 1 fully saturated rings. The summed E-state index contributed by atoms with van der Waals surface area (Å²) in [5.41, 5.74) is 1.54. The number of nitrogens with zero attached hydrogens (tertiary/aromatic N) is 4. The van der Waals surface area contributed by atoms with E-state index in [9.17, 15) is 5.11 Å². The lowest BCUT2D eigenvalue weighted by molar-refractivity contribution is 0.113. The molecule has 0 aliphatic carbocycles. The Bertz CT molecular complexity index is 720. The highest BCUT2D eigenvalue weighted by molar-refractivity contribution is 5.65. The van der Waals surface area contributed by atoms with Crippen LogP contribution in [0.3, 0.4) is 0 Å². The zero-order valence-corrected chi connectivity index (χ0v) is 15.1. The van der Waals surface area contributed by atoms with Crippen molar-refractivity contribution in [1.82, 2.24) is 14.9 Å². The van der Waals surface area contributed by atoms with Crippen molar-refractivity contribution in [1.29, 1.82) is 0 Å². The molecular formula is C19H26N4O2. The number of para-hydroxylation sites is 1. The van der Waals surface area contributed by atoms with Gasteiger partial charge < -0.3 is 19.6 Å². The number of benzene rings is 1. The molecule has 2 heterocycles. The fourth-order valence-electron chi connectivity index (χ4n) is 3.21. The van der Waals surface area contributed by atoms with Crippen LogP contribution in [0.25, 0.3) is 11.4 Å². The molecule has 1 atom stereocenters. The fourth-order valence-corrected chi connectivity index (χ4v) is 3.21. The third-order valence-corrected chi connectivity index (χ3v) is 4.27. The fraction of sp³-hybridized carbons (Fsp3) is 0.474. The summed E-state index contributed by atoms with van der Waals surface area (Å²) < 4.78 is 5.77. The van der Waals surface area contributed by atoms with Crippen molar-refractivity contribution in [3.63, 3.8) is 0 Å². The van der Waals surface area contributed by atoms with Crippen molar-refractivity contribution in [3.8, 4) is 17.1 Å². The first-order valence-electron chi connectivity index (χ1n) is 8.64. The molecule has 1 aromatic carbocycles. The van der Waals surface area contributed by atoms with Gasteiger partial charge in [0, 0.05) is 37.3 Å². The summed E-state index contributed by atoms with van der Waals surface area (Å²) in [6.45, 7) is 6.10. The SMILES string of the molecule is Cc1cc(N2CCOC[C@H](CN(C)C)C2)nc(-c2ccccc2O)n1. The number of hydrogen-bond acceptors (Lipinski definition) is 6. The summed E-state index contributed by atoms with van der Waals surface area (Å²) in [6.07, 6.45) is 0. The van der Waals surface area contributed by atoms with Gasteiger partial charge in [0.05, 0.1) is 18.8 Å². The first kappa shape index (κ1) is 17.6. The van der Waals surface area contributed by atoms with Crippen LogP contribution in [0.5, 0.6) is 5.75 Å². The Morgan fingerprint density at radius 2 is 2.08 bits per heavy atom. The number of hydrogen-bond donors (Lipinski definition) is 1. The average Bonchev–Trinajstić information content (AvgIpc) is 2.79. The second-order valence-electron chi connectivity index (χ2n) is 6.86. The van der Waals surface area contributed by atoms with E-state index >= 15 is 0 Å². The maximum absolute atomic E-state index is 10.1. The number of ether oxygens (including phenoxy) is 1. The van der Waals surface area contributed by atoms with Crippen LogP contribution in [0, 0.1) is 12.8 Å². The molecule has 2 aromatic rings. The van der Waals surface area contributed by atoms with Gasteiger partial charge in [0.25, 0.3) is 0 Å². The Hall–Kier alpha value is -2.18. The predicted octanol–water partition coefficient (Wildman–Crippen LogP) is 2.17. The standard InChI is InChI=1S/C19H26N4O2/c1-14-10-18(21-19(20-14)16-6-4-5-7-17(16)24)23-8-9-25-13-15(12-23)11-22(2)3/h4-7,10,15,24H,8-9,11-13H2,1-3H3/t15-/m1/s1. The van der Waals surface area contributed by atoms with Crippen molar-refractivity contribution in [2.75, 3.05) is 51.8 Å². The van der Waals surface area contributed by atoms with Crippen LogP contribution < -0.4 is 4.90 Å². The minimum absolute atomic E-state index is 0.198. The molecule has 3 rings (SSSR count). The highest BCUT2D eigenvalue weighted by atomic mass is 16.5. The number of phenolic OH excluding ortho intramolecular Hbond substituents is 1. The monoisotopic (exact) mass is 342 g/mol. The third kappa shape index (κ3) is 4.46. The molecule has 0 amide bonds. The Balaban J connectivity index is 1.90. The zero-order valence-electron chi connectivity index (χ0n) is 15.1. The largest absolute Gasteiger partial charge is 0.507 e. The summed E-state index contributed by atoms with van der Waals surface area (Å²) in [5, 5.41) is 10.1. The van der Waals surface area contributed by atoms with Gasteiger partial charge in [0.1, 0.15) is 11.6 Å². The summed E-state index contributed by atoms with van der Waals surface area (Å²) in [6, 6.07) is 9.18. The number of anilines is 1. The molecule has 0 unspecified atom stereocenters. The lowest BCUT2D eigenvalue weighted by Crippen LogP contribution is -2.35. The van der Waals surface area contributed by atoms with Gasteiger partial charge in [0.2, 0.25) is 0 Å². The van der Waals surface area contributed by atoms with Gasteiger partial charge in [-0.15, -0.1) is 0 Å². The van der Waals surface area contributed by atoms with Gasteiger partial charge in [-0.05, 0) is 33.2 Å². The Morgan fingerprint density at radius 1 is 1.28 bits per heavy atom. The van der Waals surface area contributed by atoms with E-state index in [0.29, 0.717) is 23.9 Å². The molecule has 1 aromatic heterocycles. The summed E-state index contributed by atoms with van der Waals surface area (Å²) in [5.74, 6) is 2.08. The van der Waals surface area contributed by atoms with Crippen LogP contribution >= 0.6 is 0 Å². The van der Waals surface area contributed by atoms with Crippen molar-refractivity contribution < 1.29 is 9.84 Å². The number of aryl methyl sites for hydroxylation is 1. The summed E-state index contributed by atoms with van der Waals surface area (Å²) >= 11 is 0. The normalized spacial score (nSPS) is 18.4. The van der Waals surface area contributed by atoms with E-state index in [-0.39, 0.29) is 5.75 Å². The maximum atomic E-state index is 10.1. The lowest BCUT2D eigenvalue weighted by Gasteiger charge is -2.26. The topological polar surface area (TPSA) is 61.7 Å². The highest BCUT2D eigenvalue weighted by Crippen LogP contribution is 2.28. The van der Waals surface area contributed by atoms with Crippen LogP contribution in [-0.4, -0.2) is 66.9 Å². The van der Waals surface area contributed by atoms with Gasteiger partial charge in [-0.25, -0.2) is 9.97 Å². The van der Waals surface area contributed by atoms with Crippen LogP contribution in [0.4, 0.5) is 5.82 Å². The molecule has 0 spiro atoms. The van der Waals surface area contributed by atoms with Crippen LogP contribution in [0.2, 0.25) is 0 Å². The number of aromatic hydroxyl groups is 1. The van der Waals surface area contributed by atoms with Crippen molar-refractivity contribution >= 4 is 5.82 Å². The zero-order chi connectivity index (χ0) is 17.8. The maximum Gasteiger partial charge on any atom is 0.165 e. The molecule has 0 saturated carbocycles. The van der Waals surface area contributed by atoms with Crippen molar-refractivity contribution in [3.05, 3.63) is 36.0 Å². The van der Waals surface area contributed by atoms with Crippen LogP contribution in [0.15, 0.2) is 30.3 Å². The molecule has 1 aliphatic rings. The van der Waals surface area contributed by atoms with E-state index in [2.05, 4.69) is 28.9 Å². The van der Waals surface area contributed by atoms with Crippen LogP contribution in [-0.2, 0) is 4.74 Å². The van der Waals surface area contributed by atoms with Gasteiger partial charge >= 0.3 is 0 Å². The molecule has 6 nitrogen and oxygen atoms in total. The predicted molar refractivity (Wildman–Crippen MR) is 98.9 cm³/mol. The minimum atomic E-state index is 0.198. The van der Waals surface area contributed by atoms with Gasteiger partial charge in [-0.3, -0.25) is 0 Å². The van der Waals surface area contributed by atoms with E-state index in [1.54, 1.807) is 12.1 Å². The third-order valence-electron chi connectivity index (χ3n) is 4.27. The molecule has 134 valence electrons. The molecule has 6 heteroatoms. The molecular weight excluding hydrogens is 316 g/mol. The Kier molecular flexibility index (Phi) is 5.50. The van der Waals surface area contributed by atoms with Gasteiger partial charge in [-0.1, -0.05) is 12.1 Å². The quantitative estimate of drug-likeness (QED) is 0.919. The van der Waals surface area contributed by atoms with Crippen molar-refractivity contribution in [2.45, 2.75) is 6.92 Å². The molecule has 25 heavy (non-hydrogen) atoms. The van der Waals surface area contributed by atoms with E-state index in [0.717, 1.165) is 37.8 Å². The Labute approximate surface area is 149 Å². The smallest absolute Gasteiger partial charge is 0.165 e. The average molecular weight is 342 g/mol. The molecule has 0 bridgehead atoms. The van der Waals surface area contributed by atoms with Crippen LogP contribution in [0.1, 0.15) is 5.69 Å². The summed E-state index contributed by atoms with van der Waals surface area (Å²) in [7, 11) is 4.17. The van der Waals surface area contributed by atoms with E-state index < -0.39 is 0 Å². The summed E-state index contributed by atoms with van der Waals surface area (Å²) in [4.78, 5) is 13.7. The second-order valence-corrected chi connectivity index (χ2v) is 6.86. The van der Waals surface area contributed by atoms with Crippen molar-refractivity contribution in [2.24, 2.45) is 5.92 Å². The molecule has 1 saturated heterocycles. The molecule has 0 radical (unpaired) electrons. The minimum Gasteiger partial charge on any atom is -0.507 e. The molecule has 1 aliphatic heterocycles. The number of aromatic nitrogens is 2. The van der Waals surface area contributed by atoms with E-state index in [1.165, 1.54) is 0 Å². The highest BCUT2D eigenvalue weighted by Gasteiger charge is 2.21. The molecule has 1 N–H and O–H groups in total. The number of rotatable bonds is 4. The first-order valence-corrected chi connectivity index (χ1v) is 8.64.